The van der Waals surface area contributed by atoms with E-state index in [-0.39, 0.29) is 12.2 Å². The van der Waals surface area contributed by atoms with E-state index < -0.39 is 0 Å². The Kier molecular flexibility index (Phi) is 7.79. The van der Waals surface area contributed by atoms with Crippen LogP contribution in [0.5, 0.6) is 5.75 Å². The molecule has 0 spiro atoms. The van der Waals surface area contributed by atoms with Crippen molar-refractivity contribution in [2.24, 2.45) is 15.9 Å². The Morgan fingerprint density at radius 2 is 2.27 bits per heavy atom. The maximum Gasteiger partial charge on any atom is 0.180 e. The first-order chi connectivity index (χ1) is 16.0. The van der Waals surface area contributed by atoms with Crippen LogP contribution in [0.3, 0.4) is 0 Å². The zero-order valence-electron chi connectivity index (χ0n) is 19.1. The zero-order valence-corrected chi connectivity index (χ0v) is 19.9. The Bertz CT molecular complexity index is 1000. The molecular formula is C23H32N6O3S. The Morgan fingerprint density at radius 3 is 3.03 bits per heavy atom. The van der Waals surface area contributed by atoms with Gasteiger partial charge in [0.1, 0.15) is 29.1 Å². The predicted octanol–water partition coefficient (Wildman–Crippen LogP) is 2.33. The molecule has 178 valence electrons. The number of hydrogen-bond donors (Lipinski definition) is 3. The van der Waals surface area contributed by atoms with Crippen LogP contribution < -0.4 is 21.5 Å². The number of aromatic nitrogens is 1. The van der Waals surface area contributed by atoms with E-state index in [2.05, 4.69) is 26.5 Å². The van der Waals surface area contributed by atoms with E-state index in [9.17, 15) is 0 Å². The Balaban J connectivity index is 1.29. The van der Waals surface area contributed by atoms with E-state index in [1.807, 2.05) is 31.4 Å². The monoisotopic (exact) mass is 472 g/mol. The molecule has 2 aliphatic heterocycles. The van der Waals surface area contributed by atoms with Gasteiger partial charge in [-0.3, -0.25) is 4.99 Å². The summed E-state index contributed by atoms with van der Waals surface area (Å²) in [5.74, 6) is 1.38. The molecule has 5 N–H and O–H groups in total. The van der Waals surface area contributed by atoms with Crippen molar-refractivity contribution in [2.45, 2.75) is 51.4 Å². The number of ether oxygens (including phenoxy) is 2. The van der Waals surface area contributed by atoms with Crippen molar-refractivity contribution in [3.05, 3.63) is 40.4 Å². The average Bonchev–Trinajstić information content (AvgIpc) is 3.51. The number of nitrogen functional groups attached to an aromatic ring is 1. The Morgan fingerprint density at radius 1 is 1.39 bits per heavy atom. The quantitative estimate of drug-likeness (QED) is 0.221. The van der Waals surface area contributed by atoms with E-state index in [1.165, 1.54) is 11.3 Å². The number of nitrogens with two attached hydrogens (primary N) is 2. The minimum Gasteiger partial charge on any atom is -0.486 e. The van der Waals surface area contributed by atoms with Crippen LogP contribution in [0.25, 0.3) is 0 Å². The summed E-state index contributed by atoms with van der Waals surface area (Å²) < 4.78 is 12.0. The van der Waals surface area contributed by atoms with Crippen molar-refractivity contribution < 1.29 is 14.3 Å². The highest BCUT2D eigenvalue weighted by Crippen LogP contribution is 2.30. The van der Waals surface area contributed by atoms with Crippen LogP contribution in [0, 0.1) is 0 Å². The number of oxime groups is 1. The molecular weight excluding hydrogens is 440 g/mol. The Hall–Kier alpha value is -2.69. The van der Waals surface area contributed by atoms with E-state index >= 15 is 0 Å². The van der Waals surface area contributed by atoms with E-state index in [1.54, 1.807) is 0 Å². The standard InChI is InChI=1S/C23H32N6O3S/c1-14(19-13-33-23(25)28-19)29-32-15(2)20-5-3-16-11-17(4-6-21(16)31-20)22(24)27-9-10-30-18-7-8-26-12-18/h4,6,11,13,15,18,20,26H,3,5,7-10,12H2,1-2H3,(H2,24,27)(H2,25,28)/b29-14+. The van der Waals surface area contributed by atoms with Gasteiger partial charge in [0.05, 0.1) is 19.3 Å². The molecule has 2 aromatic rings. The minimum absolute atomic E-state index is 0.0892. The lowest BCUT2D eigenvalue weighted by Crippen LogP contribution is -2.34. The molecule has 0 aliphatic carbocycles. The number of nitrogens with one attached hydrogen (secondary N) is 1. The first-order valence-corrected chi connectivity index (χ1v) is 12.2. The van der Waals surface area contributed by atoms with Gasteiger partial charge in [-0.2, -0.15) is 0 Å². The summed E-state index contributed by atoms with van der Waals surface area (Å²) in [7, 11) is 0. The predicted molar refractivity (Wildman–Crippen MR) is 131 cm³/mol. The summed E-state index contributed by atoms with van der Waals surface area (Å²) in [6.07, 6.45) is 2.76. The number of nitrogens with zero attached hydrogens (tertiary/aromatic N) is 3. The van der Waals surface area contributed by atoms with Gasteiger partial charge in [0, 0.05) is 17.5 Å². The summed E-state index contributed by atoms with van der Waals surface area (Å²) in [6, 6.07) is 5.97. The fraction of sp³-hybridized carbons (Fsp3) is 0.522. The third kappa shape index (κ3) is 6.21. The summed E-state index contributed by atoms with van der Waals surface area (Å²) in [5.41, 5.74) is 15.3. The molecule has 1 aromatic carbocycles. The second-order valence-corrected chi connectivity index (χ2v) is 9.22. The van der Waals surface area contributed by atoms with Gasteiger partial charge in [-0.1, -0.05) is 5.16 Å². The first kappa shape index (κ1) is 23.5. The number of amidine groups is 1. The van der Waals surface area contributed by atoms with Crippen molar-refractivity contribution in [3.8, 4) is 5.75 Å². The molecule has 0 bridgehead atoms. The largest absolute Gasteiger partial charge is 0.486 e. The van der Waals surface area contributed by atoms with Crippen LogP contribution in [0.4, 0.5) is 5.13 Å². The summed E-state index contributed by atoms with van der Waals surface area (Å²) in [4.78, 5) is 14.4. The fourth-order valence-corrected chi connectivity index (χ4v) is 4.48. The number of benzene rings is 1. The molecule has 3 heterocycles. The summed E-state index contributed by atoms with van der Waals surface area (Å²) >= 11 is 1.38. The number of thiazole rings is 1. The highest BCUT2D eigenvalue weighted by molar-refractivity contribution is 7.13. The summed E-state index contributed by atoms with van der Waals surface area (Å²) in [6.45, 7) is 6.89. The van der Waals surface area contributed by atoms with Crippen LogP contribution in [0.2, 0.25) is 0 Å². The molecule has 0 amide bonds. The van der Waals surface area contributed by atoms with Crippen LogP contribution >= 0.6 is 11.3 Å². The van der Waals surface area contributed by atoms with Gasteiger partial charge in [0.15, 0.2) is 11.2 Å². The number of anilines is 1. The molecule has 10 heteroatoms. The number of rotatable bonds is 9. The highest BCUT2D eigenvalue weighted by atomic mass is 32.1. The normalized spacial score (nSPS) is 22.0. The lowest BCUT2D eigenvalue weighted by molar-refractivity contribution is -0.0203. The molecule has 0 saturated carbocycles. The van der Waals surface area contributed by atoms with Crippen molar-refractivity contribution in [1.82, 2.24) is 10.3 Å². The van der Waals surface area contributed by atoms with E-state index in [0.717, 1.165) is 54.9 Å². The summed E-state index contributed by atoms with van der Waals surface area (Å²) in [5, 5.41) is 9.88. The second-order valence-electron chi connectivity index (χ2n) is 8.33. The molecule has 4 rings (SSSR count). The maximum absolute atomic E-state index is 6.21. The maximum atomic E-state index is 6.21. The van der Waals surface area contributed by atoms with Crippen molar-refractivity contribution in [3.63, 3.8) is 0 Å². The lowest BCUT2D eigenvalue weighted by atomic mass is 9.97. The van der Waals surface area contributed by atoms with Gasteiger partial charge in [-0.05, 0) is 63.4 Å². The molecule has 3 unspecified atom stereocenters. The molecule has 9 nitrogen and oxygen atoms in total. The molecule has 1 saturated heterocycles. The number of hydrogen-bond acceptors (Lipinski definition) is 9. The fourth-order valence-electron chi connectivity index (χ4n) is 3.88. The van der Waals surface area contributed by atoms with Gasteiger partial charge < -0.3 is 31.1 Å². The molecule has 1 fully saturated rings. The smallest absolute Gasteiger partial charge is 0.180 e. The third-order valence-corrected chi connectivity index (χ3v) is 6.52. The SMILES string of the molecule is C/C(=N\OC(C)C1CCc2cc(C(N)=NCCOC3CCNC3)ccc2O1)c1csc(N)n1. The van der Waals surface area contributed by atoms with E-state index in [0.29, 0.717) is 35.9 Å². The molecule has 33 heavy (non-hydrogen) atoms. The van der Waals surface area contributed by atoms with Crippen LogP contribution in [0.1, 0.15) is 43.5 Å². The number of fused-ring (bicyclic) bond motifs is 1. The first-order valence-electron chi connectivity index (χ1n) is 11.3. The molecule has 2 aliphatic rings. The van der Waals surface area contributed by atoms with Crippen LogP contribution in [-0.4, -0.2) is 61.1 Å². The van der Waals surface area contributed by atoms with Gasteiger partial charge >= 0.3 is 0 Å². The van der Waals surface area contributed by atoms with Crippen molar-refractivity contribution >= 4 is 28.0 Å². The third-order valence-electron chi connectivity index (χ3n) is 5.85. The molecule has 3 atom stereocenters. The van der Waals surface area contributed by atoms with Crippen molar-refractivity contribution in [2.75, 3.05) is 32.0 Å². The molecule has 0 radical (unpaired) electrons. The molecule has 1 aromatic heterocycles. The number of aliphatic imine (C=N–C) groups is 1. The van der Waals surface area contributed by atoms with Gasteiger partial charge in [-0.15, -0.1) is 11.3 Å². The lowest BCUT2D eigenvalue weighted by Gasteiger charge is -2.29. The topological polar surface area (TPSA) is 129 Å². The highest BCUT2D eigenvalue weighted by Gasteiger charge is 2.27. The van der Waals surface area contributed by atoms with Gasteiger partial charge in [-0.25, -0.2) is 4.98 Å². The van der Waals surface area contributed by atoms with E-state index in [4.69, 9.17) is 25.8 Å². The second kappa shape index (κ2) is 11.0. The average molecular weight is 473 g/mol. The van der Waals surface area contributed by atoms with Gasteiger partial charge in [0.25, 0.3) is 0 Å². The van der Waals surface area contributed by atoms with Gasteiger partial charge in [0.2, 0.25) is 0 Å². The van der Waals surface area contributed by atoms with Crippen LogP contribution in [0.15, 0.2) is 33.7 Å². The minimum atomic E-state index is -0.203. The zero-order chi connectivity index (χ0) is 23.2. The number of aryl methyl sites for hydroxylation is 1. The van der Waals surface area contributed by atoms with Crippen LogP contribution in [-0.2, 0) is 16.0 Å². The van der Waals surface area contributed by atoms with Crippen molar-refractivity contribution in [1.29, 1.82) is 0 Å². The Labute approximate surface area is 198 Å².